The lowest BCUT2D eigenvalue weighted by Crippen LogP contribution is -2.40. The standard InChI is InChI=1S/C16H21N3O3/c20-15(14-2-1-7-17-14)18-13-5-3-12(4-6-13)16(21)19-8-10-22-11-9-19/h3-6,14,17H,1-2,7-11H2,(H,18,20). The van der Waals surface area contributed by atoms with E-state index in [0.29, 0.717) is 31.9 Å². The number of rotatable bonds is 3. The van der Waals surface area contributed by atoms with Crippen LogP contribution in [0.3, 0.4) is 0 Å². The van der Waals surface area contributed by atoms with E-state index in [2.05, 4.69) is 10.6 Å². The molecule has 0 saturated carbocycles. The van der Waals surface area contributed by atoms with Gasteiger partial charge in [0.25, 0.3) is 5.91 Å². The summed E-state index contributed by atoms with van der Waals surface area (Å²) in [5.41, 5.74) is 1.36. The highest BCUT2D eigenvalue weighted by atomic mass is 16.5. The van der Waals surface area contributed by atoms with Crippen LogP contribution in [0.1, 0.15) is 23.2 Å². The molecule has 0 spiro atoms. The van der Waals surface area contributed by atoms with Gasteiger partial charge in [0.05, 0.1) is 19.3 Å². The van der Waals surface area contributed by atoms with Gasteiger partial charge in [-0.05, 0) is 43.7 Å². The van der Waals surface area contributed by atoms with Crippen molar-refractivity contribution in [1.82, 2.24) is 10.2 Å². The number of anilines is 1. The largest absolute Gasteiger partial charge is 0.378 e. The lowest BCUT2D eigenvalue weighted by atomic mass is 10.1. The third kappa shape index (κ3) is 3.45. The molecule has 0 radical (unpaired) electrons. The first kappa shape index (κ1) is 15.0. The minimum absolute atomic E-state index is 0.00949. The van der Waals surface area contributed by atoms with Crippen LogP contribution in [0.25, 0.3) is 0 Å². The van der Waals surface area contributed by atoms with Crippen LogP contribution >= 0.6 is 0 Å². The fourth-order valence-corrected chi connectivity index (χ4v) is 2.78. The predicted molar refractivity (Wildman–Crippen MR) is 82.8 cm³/mol. The van der Waals surface area contributed by atoms with Crippen molar-refractivity contribution in [3.8, 4) is 0 Å². The van der Waals surface area contributed by atoms with E-state index in [1.165, 1.54) is 0 Å². The Balaban J connectivity index is 1.59. The van der Waals surface area contributed by atoms with Crippen LogP contribution in [0.5, 0.6) is 0 Å². The third-order valence-electron chi connectivity index (χ3n) is 4.07. The number of hydrogen-bond acceptors (Lipinski definition) is 4. The first-order valence-electron chi connectivity index (χ1n) is 7.75. The molecule has 2 aliphatic heterocycles. The van der Waals surface area contributed by atoms with Crippen LogP contribution in [-0.4, -0.2) is 55.6 Å². The van der Waals surface area contributed by atoms with Gasteiger partial charge in [-0.2, -0.15) is 0 Å². The highest BCUT2D eigenvalue weighted by Crippen LogP contribution is 2.14. The zero-order valence-corrected chi connectivity index (χ0v) is 12.5. The summed E-state index contributed by atoms with van der Waals surface area (Å²) in [4.78, 5) is 26.1. The van der Waals surface area contributed by atoms with E-state index < -0.39 is 0 Å². The van der Waals surface area contributed by atoms with E-state index in [9.17, 15) is 9.59 Å². The van der Waals surface area contributed by atoms with Gasteiger partial charge in [0.2, 0.25) is 5.91 Å². The molecule has 2 N–H and O–H groups in total. The van der Waals surface area contributed by atoms with Gasteiger partial charge in [0, 0.05) is 24.3 Å². The van der Waals surface area contributed by atoms with Crippen molar-refractivity contribution >= 4 is 17.5 Å². The summed E-state index contributed by atoms with van der Waals surface area (Å²) in [7, 11) is 0. The molecule has 1 aromatic carbocycles. The summed E-state index contributed by atoms with van der Waals surface area (Å²) >= 11 is 0. The lowest BCUT2D eigenvalue weighted by molar-refractivity contribution is -0.117. The molecule has 2 heterocycles. The number of nitrogens with one attached hydrogen (secondary N) is 2. The number of morpholine rings is 1. The number of nitrogens with zero attached hydrogens (tertiary/aromatic N) is 1. The first-order valence-corrected chi connectivity index (χ1v) is 7.75. The fourth-order valence-electron chi connectivity index (χ4n) is 2.78. The van der Waals surface area contributed by atoms with Gasteiger partial charge in [-0.1, -0.05) is 0 Å². The molecule has 6 heteroatoms. The molecule has 0 aromatic heterocycles. The number of benzene rings is 1. The van der Waals surface area contributed by atoms with Crippen LogP contribution in [0.15, 0.2) is 24.3 Å². The molecule has 2 fully saturated rings. The van der Waals surface area contributed by atoms with Gasteiger partial charge in [-0.25, -0.2) is 0 Å². The highest BCUT2D eigenvalue weighted by Gasteiger charge is 2.22. The van der Waals surface area contributed by atoms with E-state index in [1.807, 2.05) is 0 Å². The molecule has 2 saturated heterocycles. The van der Waals surface area contributed by atoms with E-state index >= 15 is 0 Å². The maximum atomic E-state index is 12.3. The van der Waals surface area contributed by atoms with Crippen LogP contribution < -0.4 is 10.6 Å². The molecule has 2 amide bonds. The second kappa shape index (κ2) is 6.89. The van der Waals surface area contributed by atoms with Gasteiger partial charge in [-0.3, -0.25) is 9.59 Å². The Kier molecular flexibility index (Phi) is 4.70. The average molecular weight is 303 g/mol. The van der Waals surface area contributed by atoms with Crippen LogP contribution in [0.4, 0.5) is 5.69 Å². The van der Waals surface area contributed by atoms with Gasteiger partial charge in [-0.15, -0.1) is 0 Å². The second-order valence-electron chi connectivity index (χ2n) is 5.62. The van der Waals surface area contributed by atoms with Gasteiger partial charge < -0.3 is 20.3 Å². The normalized spacial score (nSPS) is 21.6. The van der Waals surface area contributed by atoms with Crippen LogP contribution in [0.2, 0.25) is 0 Å². The van der Waals surface area contributed by atoms with E-state index in [0.717, 1.165) is 25.1 Å². The molecular weight excluding hydrogens is 282 g/mol. The zero-order valence-electron chi connectivity index (χ0n) is 12.5. The number of ether oxygens (including phenoxy) is 1. The van der Waals surface area contributed by atoms with Crippen molar-refractivity contribution < 1.29 is 14.3 Å². The van der Waals surface area contributed by atoms with E-state index in [-0.39, 0.29) is 17.9 Å². The molecule has 22 heavy (non-hydrogen) atoms. The molecule has 3 rings (SSSR count). The first-order chi connectivity index (χ1) is 10.7. The molecule has 0 bridgehead atoms. The summed E-state index contributed by atoms with van der Waals surface area (Å²) in [5.74, 6) is 0.00314. The average Bonchev–Trinajstić information content (AvgIpc) is 3.10. The highest BCUT2D eigenvalue weighted by molar-refractivity contribution is 5.97. The summed E-state index contributed by atoms with van der Waals surface area (Å²) in [5, 5.41) is 6.05. The molecule has 1 aromatic rings. The number of hydrogen-bond donors (Lipinski definition) is 2. The molecular formula is C16H21N3O3. The maximum absolute atomic E-state index is 12.3. The Hall–Kier alpha value is -1.92. The molecule has 2 aliphatic rings. The fraction of sp³-hybridized carbons (Fsp3) is 0.500. The smallest absolute Gasteiger partial charge is 0.254 e. The molecule has 6 nitrogen and oxygen atoms in total. The van der Waals surface area contributed by atoms with E-state index in [1.54, 1.807) is 29.2 Å². The summed E-state index contributed by atoms with van der Waals surface area (Å²) in [6, 6.07) is 6.97. The quantitative estimate of drug-likeness (QED) is 0.868. The third-order valence-corrected chi connectivity index (χ3v) is 4.07. The topological polar surface area (TPSA) is 70.7 Å². The maximum Gasteiger partial charge on any atom is 0.254 e. The van der Waals surface area contributed by atoms with Crippen molar-refractivity contribution in [2.24, 2.45) is 0 Å². The molecule has 1 unspecified atom stereocenters. The van der Waals surface area contributed by atoms with Crippen molar-refractivity contribution in [3.63, 3.8) is 0 Å². The number of amides is 2. The number of carbonyl (C=O) groups is 2. The molecule has 1 atom stereocenters. The second-order valence-corrected chi connectivity index (χ2v) is 5.62. The SMILES string of the molecule is O=C(Nc1ccc(C(=O)N2CCOCC2)cc1)C1CCCN1. The molecule has 118 valence electrons. The zero-order chi connectivity index (χ0) is 15.4. The van der Waals surface area contributed by atoms with Crippen molar-refractivity contribution in [2.45, 2.75) is 18.9 Å². The lowest BCUT2D eigenvalue weighted by Gasteiger charge is -2.26. The summed E-state index contributed by atoms with van der Waals surface area (Å²) in [6.45, 7) is 3.34. The Labute approximate surface area is 129 Å². The van der Waals surface area contributed by atoms with Gasteiger partial charge in [0.1, 0.15) is 0 Å². The Morgan fingerprint density at radius 2 is 1.91 bits per heavy atom. The summed E-state index contributed by atoms with van der Waals surface area (Å²) < 4.78 is 5.25. The van der Waals surface area contributed by atoms with Crippen molar-refractivity contribution in [3.05, 3.63) is 29.8 Å². The number of carbonyl (C=O) groups excluding carboxylic acids is 2. The van der Waals surface area contributed by atoms with Crippen molar-refractivity contribution in [2.75, 3.05) is 38.2 Å². The molecule has 0 aliphatic carbocycles. The Morgan fingerprint density at radius 3 is 2.55 bits per heavy atom. The monoisotopic (exact) mass is 303 g/mol. The van der Waals surface area contributed by atoms with Gasteiger partial charge >= 0.3 is 0 Å². The summed E-state index contributed by atoms with van der Waals surface area (Å²) in [6.07, 6.45) is 1.91. The predicted octanol–water partition coefficient (Wildman–Crippen LogP) is 0.849. The minimum Gasteiger partial charge on any atom is -0.378 e. The Bertz CT molecular complexity index is 532. The van der Waals surface area contributed by atoms with Gasteiger partial charge in [0.15, 0.2) is 0 Å². The van der Waals surface area contributed by atoms with Crippen LogP contribution in [-0.2, 0) is 9.53 Å². The van der Waals surface area contributed by atoms with Crippen LogP contribution in [0, 0.1) is 0 Å². The Morgan fingerprint density at radius 1 is 1.18 bits per heavy atom. The minimum atomic E-state index is -0.102. The van der Waals surface area contributed by atoms with E-state index in [4.69, 9.17) is 4.74 Å². The van der Waals surface area contributed by atoms with Crippen molar-refractivity contribution in [1.29, 1.82) is 0 Å².